The SMILES string of the molecule is CCCCc1ccc(C2CCc3cc(-c4ccc(F)cc4)c(F)cc3C2)c(F)c1. The monoisotopic (exact) mass is 394 g/mol. The van der Waals surface area contributed by atoms with Crippen LogP contribution in [-0.4, -0.2) is 0 Å². The lowest BCUT2D eigenvalue weighted by Crippen LogP contribution is -2.15. The number of rotatable bonds is 5. The van der Waals surface area contributed by atoms with Gasteiger partial charge in [0.2, 0.25) is 0 Å². The van der Waals surface area contributed by atoms with E-state index in [-0.39, 0.29) is 23.4 Å². The van der Waals surface area contributed by atoms with Crippen LogP contribution in [0.5, 0.6) is 0 Å². The zero-order valence-corrected chi connectivity index (χ0v) is 16.7. The topological polar surface area (TPSA) is 0 Å². The minimum Gasteiger partial charge on any atom is -0.207 e. The van der Waals surface area contributed by atoms with Crippen molar-refractivity contribution in [2.75, 3.05) is 0 Å². The molecule has 3 aromatic carbocycles. The maximum atomic E-state index is 14.8. The minimum atomic E-state index is -0.335. The summed E-state index contributed by atoms with van der Waals surface area (Å²) in [4.78, 5) is 0. The molecule has 3 aromatic rings. The summed E-state index contributed by atoms with van der Waals surface area (Å²) < 4.78 is 42.7. The van der Waals surface area contributed by atoms with Gasteiger partial charge in [-0.25, -0.2) is 13.2 Å². The predicted molar refractivity (Wildman–Crippen MR) is 112 cm³/mol. The lowest BCUT2D eigenvalue weighted by Gasteiger charge is -2.26. The number of halogens is 3. The van der Waals surface area contributed by atoms with Crippen LogP contribution in [0.15, 0.2) is 54.6 Å². The van der Waals surface area contributed by atoms with Crippen molar-refractivity contribution in [3.8, 4) is 11.1 Å². The molecule has 1 aliphatic carbocycles. The first-order valence-corrected chi connectivity index (χ1v) is 10.4. The van der Waals surface area contributed by atoms with Gasteiger partial charge in [-0.3, -0.25) is 0 Å². The van der Waals surface area contributed by atoms with Crippen molar-refractivity contribution in [3.05, 3.63) is 94.3 Å². The molecule has 1 aliphatic rings. The van der Waals surface area contributed by atoms with Crippen LogP contribution >= 0.6 is 0 Å². The number of fused-ring (bicyclic) bond motifs is 1. The zero-order valence-electron chi connectivity index (χ0n) is 16.7. The van der Waals surface area contributed by atoms with E-state index >= 15 is 0 Å². The highest BCUT2D eigenvalue weighted by Crippen LogP contribution is 2.37. The van der Waals surface area contributed by atoms with Gasteiger partial charge in [-0.2, -0.15) is 0 Å². The lowest BCUT2D eigenvalue weighted by atomic mass is 9.79. The molecule has 0 spiro atoms. The molecule has 1 atom stereocenters. The molecule has 4 rings (SSSR count). The van der Waals surface area contributed by atoms with Gasteiger partial charge in [0.05, 0.1) is 0 Å². The van der Waals surface area contributed by atoms with Gasteiger partial charge in [0.25, 0.3) is 0 Å². The van der Waals surface area contributed by atoms with Crippen molar-refractivity contribution in [2.45, 2.75) is 51.4 Å². The first-order valence-electron chi connectivity index (χ1n) is 10.4. The molecule has 0 aliphatic heterocycles. The average molecular weight is 394 g/mol. The van der Waals surface area contributed by atoms with Gasteiger partial charge in [0.15, 0.2) is 0 Å². The first kappa shape index (κ1) is 19.8. The van der Waals surface area contributed by atoms with E-state index in [1.165, 1.54) is 12.1 Å². The third-order valence-corrected chi connectivity index (χ3v) is 6.00. The molecular weight excluding hydrogens is 369 g/mol. The van der Waals surface area contributed by atoms with Crippen LogP contribution in [0.3, 0.4) is 0 Å². The largest absolute Gasteiger partial charge is 0.207 e. The highest BCUT2D eigenvalue weighted by Gasteiger charge is 2.24. The first-order chi connectivity index (χ1) is 14.0. The van der Waals surface area contributed by atoms with Crippen molar-refractivity contribution < 1.29 is 13.2 Å². The number of hydrogen-bond donors (Lipinski definition) is 0. The normalized spacial score (nSPS) is 15.9. The lowest BCUT2D eigenvalue weighted by molar-refractivity contribution is 0.529. The van der Waals surface area contributed by atoms with Crippen LogP contribution in [-0.2, 0) is 19.3 Å². The summed E-state index contributed by atoms with van der Waals surface area (Å²) in [6, 6.07) is 14.9. The Kier molecular flexibility index (Phi) is 5.75. The zero-order chi connectivity index (χ0) is 20.4. The van der Waals surface area contributed by atoms with Crippen LogP contribution in [0, 0.1) is 17.5 Å². The molecule has 29 heavy (non-hydrogen) atoms. The van der Waals surface area contributed by atoms with Gasteiger partial charge in [-0.15, -0.1) is 0 Å². The van der Waals surface area contributed by atoms with Crippen LogP contribution < -0.4 is 0 Å². The Bertz CT molecular complexity index is 1010. The molecular formula is C26H25F3. The van der Waals surface area contributed by atoms with Gasteiger partial charge >= 0.3 is 0 Å². The minimum absolute atomic E-state index is 0.0683. The summed E-state index contributed by atoms with van der Waals surface area (Å²) in [6.07, 6.45) is 5.32. The van der Waals surface area contributed by atoms with Crippen molar-refractivity contribution in [1.82, 2.24) is 0 Å². The van der Waals surface area contributed by atoms with Crippen LogP contribution in [0.1, 0.15) is 54.4 Å². The van der Waals surface area contributed by atoms with E-state index in [0.717, 1.165) is 54.4 Å². The summed E-state index contributed by atoms with van der Waals surface area (Å²) in [5, 5.41) is 0. The maximum Gasteiger partial charge on any atom is 0.131 e. The van der Waals surface area contributed by atoms with Crippen LogP contribution in [0.25, 0.3) is 11.1 Å². The summed E-state index contributed by atoms with van der Waals surface area (Å²) in [6.45, 7) is 2.13. The number of unbranched alkanes of at least 4 members (excludes halogenated alkanes) is 1. The molecule has 0 nitrogen and oxygen atoms in total. The van der Waals surface area contributed by atoms with Gasteiger partial charge in [0, 0.05) is 5.56 Å². The van der Waals surface area contributed by atoms with Crippen molar-refractivity contribution in [3.63, 3.8) is 0 Å². The Hall–Kier alpha value is -2.55. The number of hydrogen-bond acceptors (Lipinski definition) is 0. The second kappa shape index (κ2) is 8.44. The molecule has 0 amide bonds. The Morgan fingerprint density at radius 2 is 1.66 bits per heavy atom. The van der Waals surface area contributed by atoms with Crippen molar-refractivity contribution in [2.24, 2.45) is 0 Å². The van der Waals surface area contributed by atoms with Gasteiger partial charge in [-0.05, 0) is 96.2 Å². The van der Waals surface area contributed by atoms with Gasteiger partial charge in [0.1, 0.15) is 17.5 Å². The van der Waals surface area contributed by atoms with E-state index in [4.69, 9.17) is 0 Å². The van der Waals surface area contributed by atoms with E-state index < -0.39 is 0 Å². The van der Waals surface area contributed by atoms with Gasteiger partial charge in [-0.1, -0.05) is 37.6 Å². The van der Waals surface area contributed by atoms with E-state index in [1.807, 2.05) is 18.2 Å². The van der Waals surface area contributed by atoms with Crippen LogP contribution in [0.4, 0.5) is 13.2 Å². The molecule has 0 saturated heterocycles. The molecule has 0 fully saturated rings. The van der Waals surface area contributed by atoms with Crippen molar-refractivity contribution in [1.29, 1.82) is 0 Å². The molecule has 0 radical (unpaired) electrons. The summed E-state index contributed by atoms with van der Waals surface area (Å²) in [5.41, 5.74) is 4.98. The Labute approximate surface area is 170 Å². The molecule has 3 heteroatoms. The fourth-order valence-electron chi connectivity index (χ4n) is 4.33. The van der Waals surface area contributed by atoms with Gasteiger partial charge < -0.3 is 0 Å². The molecule has 0 N–H and O–H groups in total. The molecule has 0 heterocycles. The molecule has 0 aromatic heterocycles. The molecule has 1 unspecified atom stereocenters. The summed E-state index contributed by atoms with van der Waals surface area (Å²) >= 11 is 0. The Morgan fingerprint density at radius 1 is 0.862 bits per heavy atom. The number of benzene rings is 3. The fraction of sp³-hybridized carbons (Fsp3) is 0.308. The third kappa shape index (κ3) is 4.24. The number of aryl methyl sites for hydroxylation is 2. The highest BCUT2D eigenvalue weighted by atomic mass is 19.1. The quantitative estimate of drug-likeness (QED) is 0.423. The Balaban J connectivity index is 1.58. The molecule has 150 valence electrons. The molecule has 0 bridgehead atoms. The van der Waals surface area contributed by atoms with E-state index in [9.17, 15) is 13.2 Å². The van der Waals surface area contributed by atoms with Crippen LogP contribution in [0.2, 0.25) is 0 Å². The Morgan fingerprint density at radius 3 is 2.38 bits per heavy atom. The smallest absolute Gasteiger partial charge is 0.131 e. The highest BCUT2D eigenvalue weighted by molar-refractivity contribution is 5.66. The van der Waals surface area contributed by atoms with E-state index in [1.54, 1.807) is 24.3 Å². The maximum absolute atomic E-state index is 14.8. The van der Waals surface area contributed by atoms with E-state index in [0.29, 0.717) is 17.5 Å². The predicted octanol–water partition coefficient (Wildman–Crippen LogP) is 7.39. The summed E-state index contributed by atoms with van der Waals surface area (Å²) in [5.74, 6) is -0.724. The van der Waals surface area contributed by atoms with Crippen molar-refractivity contribution >= 4 is 0 Å². The third-order valence-electron chi connectivity index (χ3n) is 6.00. The molecule has 0 saturated carbocycles. The fourth-order valence-corrected chi connectivity index (χ4v) is 4.33. The standard InChI is InChI=1S/C26H25F3/c1-2-3-4-17-5-12-23(25(28)13-17)20-7-6-19-15-24(26(29)16-21(19)14-20)18-8-10-22(27)11-9-18/h5,8-13,15-16,20H,2-4,6-7,14H2,1H3. The second-order valence-corrected chi connectivity index (χ2v) is 8.01. The van der Waals surface area contributed by atoms with E-state index in [2.05, 4.69) is 6.92 Å². The average Bonchev–Trinajstić information content (AvgIpc) is 2.72. The second-order valence-electron chi connectivity index (χ2n) is 8.01. The summed E-state index contributed by atoms with van der Waals surface area (Å²) in [7, 11) is 0.